The van der Waals surface area contributed by atoms with Gasteiger partial charge in [0.2, 0.25) is 0 Å². The number of carboxylic acids is 1. The number of thioether (sulfide) groups is 1. The summed E-state index contributed by atoms with van der Waals surface area (Å²) in [6, 6.07) is 0. The molecule has 0 spiro atoms. The third-order valence-electron chi connectivity index (χ3n) is 1.85. The Morgan fingerprint density at radius 1 is 1.67 bits per heavy atom. The van der Waals surface area contributed by atoms with Crippen LogP contribution in [0, 0.1) is 13.8 Å². The summed E-state index contributed by atoms with van der Waals surface area (Å²) in [4.78, 5) is 14.9. The summed E-state index contributed by atoms with van der Waals surface area (Å²) in [5.74, 6) is -0.227. The van der Waals surface area contributed by atoms with Crippen molar-refractivity contribution in [3.05, 3.63) is 11.5 Å². The highest BCUT2D eigenvalue weighted by atomic mass is 32.2. The SMILES string of the molecule is COCC(Sc1nc(C)c(C)o1)C(=O)O. The minimum Gasteiger partial charge on any atom is -0.480 e. The highest BCUT2D eigenvalue weighted by Crippen LogP contribution is 2.24. The van der Waals surface area contributed by atoms with E-state index in [-0.39, 0.29) is 6.61 Å². The zero-order valence-corrected chi connectivity index (χ0v) is 9.63. The van der Waals surface area contributed by atoms with E-state index in [1.807, 2.05) is 6.92 Å². The summed E-state index contributed by atoms with van der Waals surface area (Å²) in [5, 5.41) is 8.55. The lowest BCUT2D eigenvalue weighted by Gasteiger charge is -2.07. The molecule has 1 aromatic heterocycles. The van der Waals surface area contributed by atoms with Gasteiger partial charge in [0.25, 0.3) is 5.22 Å². The summed E-state index contributed by atoms with van der Waals surface area (Å²) < 4.78 is 10.1. The number of ether oxygens (including phenoxy) is 1. The van der Waals surface area contributed by atoms with E-state index in [2.05, 4.69) is 4.98 Å². The van der Waals surface area contributed by atoms with E-state index in [4.69, 9.17) is 14.3 Å². The maximum absolute atomic E-state index is 10.8. The van der Waals surface area contributed by atoms with Gasteiger partial charge in [0.15, 0.2) is 0 Å². The topological polar surface area (TPSA) is 72.6 Å². The highest BCUT2D eigenvalue weighted by Gasteiger charge is 2.21. The second kappa shape index (κ2) is 5.18. The van der Waals surface area contributed by atoms with Gasteiger partial charge in [-0.1, -0.05) is 0 Å². The first kappa shape index (κ1) is 12.1. The summed E-state index contributed by atoms with van der Waals surface area (Å²) >= 11 is 1.05. The first-order valence-electron chi connectivity index (χ1n) is 4.37. The number of aliphatic carboxylic acids is 1. The van der Waals surface area contributed by atoms with Crippen LogP contribution in [0.2, 0.25) is 0 Å². The molecule has 0 radical (unpaired) electrons. The Morgan fingerprint density at radius 2 is 2.33 bits per heavy atom. The van der Waals surface area contributed by atoms with E-state index >= 15 is 0 Å². The molecular formula is C9H13NO4S. The molecule has 1 aromatic rings. The molecular weight excluding hydrogens is 218 g/mol. The Hall–Kier alpha value is -1.01. The van der Waals surface area contributed by atoms with Gasteiger partial charge in [-0.3, -0.25) is 4.79 Å². The van der Waals surface area contributed by atoms with Gasteiger partial charge in [-0.25, -0.2) is 4.98 Å². The van der Waals surface area contributed by atoms with Crippen molar-refractivity contribution in [3.63, 3.8) is 0 Å². The lowest BCUT2D eigenvalue weighted by atomic mass is 10.4. The van der Waals surface area contributed by atoms with Crippen LogP contribution in [0.1, 0.15) is 11.5 Å². The molecule has 1 N–H and O–H groups in total. The van der Waals surface area contributed by atoms with Crippen LogP contribution in [0.25, 0.3) is 0 Å². The van der Waals surface area contributed by atoms with Gasteiger partial charge >= 0.3 is 5.97 Å². The zero-order chi connectivity index (χ0) is 11.4. The number of methoxy groups -OCH3 is 1. The van der Waals surface area contributed by atoms with Crippen LogP contribution < -0.4 is 0 Å². The van der Waals surface area contributed by atoms with Crippen molar-refractivity contribution in [1.29, 1.82) is 0 Å². The normalized spacial score (nSPS) is 12.7. The lowest BCUT2D eigenvalue weighted by Crippen LogP contribution is -2.21. The number of aryl methyl sites for hydroxylation is 2. The lowest BCUT2D eigenvalue weighted by molar-refractivity contribution is -0.137. The Bertz CT molecular complexity index is 330. The van der Waals surface area contributed by atoms with Gasteiger partial charge in [0.1, 0.15) is 11.0 Å². The van der Waals surface area contributed by atoms with Gasteiger partial charge in [0, 0.05) is 7.11 Å². The van der Waals surface area contributed by atoms with E-state index < -0.39 is 11.2 Å². The van der Waals surface area contributed by atoms with E-state index in [9.17, 15) is 4.79 Å². The highest BCUT2D eigenvalue weighted by molar-refractivity contribution is 8.00. The predicted molar refractivity (Wildman–Crippen MR) is 55.1 cm³/mol. The van der Waals surface area contributed by atoms with E-state index in [0.717, 1.165) is 17.5 Å². The number of rotatable bonds is 5. The van der Waals surface area contributed by atoms with Crippen LogP contribution in [-0.4, -0.2) is 35.0 Å². The number of carbonyl (C=O) groups is 1. The van der Waals surface area contributed by atoms with Crippen LogP contribution in [-0.2, 0) is 9.53 Å². The summed E-state index contributed by atoms with van der Waals surface area (Å²) in [5.41, 5.74) is 0.777. The van der Waals surface area contributed by atoms with Crippen LogP contribution >= 0.6 is 11.8 Å². The number of aromatic nitrogens is 1. The van der Waals surface area contributed by atoms with E-state index in [1.165, 1.54) is 7.11 Å². The minimum atomic E-state index is -0.935. The predicted octanol–water partition coefficient (Wildman–Crippen LogP) is 1.48. The third kappa shape index (κ3) is 3.24. The summed E-state index contributed by atoms with van der Waals surface area (Å²) in [6.07, 6.45) is 0. The molecule has 1 unspecified atom stereocenters. The second-order valence-electron chi connectivity index (χ2n) is 3.02. The Morgan fingerprint density at radius 3 is 2.73 bits per heavy atom. The maximum Gasteiger partial charge on any atom is 0.319 e. The Kier molecular flexibility index (Phi) is 4.16. The number of carboxylic acid groups (broad SMARTS) is 1. The molecule has 0 aliphatic rings. The molecule has 84 valence electrons. The monoisotopic (exact) mass is 231 g/mol. The van der Waals surface area contributed by atoms with Crippen molar-refractivity contribution in [1.82, 2.24) is 4.98 Å². The maximum atomic E-state index is 10.8. The van der Waals surface area contributed by atoms with Crippen molar-refractivity contribution < 1.29 is 19.1 Å². The van der Waals surface area contributed by atoms with Crippen LogP contribution in [0.15, 0.2) is 9.64 Å². The van der Waals surface area contributed by atoms with Gasteiger partial charge < -0.3 is 14.3 Å². The van der Waals surface area contributed by atoms with Gasteiger partial charge in [-0.2, -0.15) is 0 Å². The fourth-order valence-electron chi connectivity index (χ4n) is 0.922. The van der Waals surface area contributed by atoms with Crippen molar-refractivity contribution in [2.45, 2.75) is 24.3 Å². The average molecular weight is 231 g/mol. The fourth-order valence-corrected chi connectivity index (χ4v) is 1.83. The molecule has 0 aliphatic heterocycles. The van der Waals surface area contributed by atoms with Gasteiger partial charge in [0.05, 0.1) is 12.3 Å². The Labute approximate surface area is 91.8 Å². The summed E-state index contributed by atoms with van der Waals surface area (Å²) in [7, 11) is 1.46. The smallest absolute Gasteiger partial charge is 0.319 e. The number of oxazole rings is 1. The van der Waals surface area contributed by atoms with Gasteiger partial charge in [-0.15, -0.1) is 0 Å². The average Bonchev–Trinajstić information content (AvgIpc) is 2.45. The molecule has 0 bridgehead atoms. The molecule has 5 nitrogen and oxygen atoms in total. The number of hydrogen-bond acceptors (Lipinski definition) is 5. The molecule has 0 amide bonds. The van der Waals surface area contributed by atoms with Crippen LogP contribution in [0.5, 0.6) is 0 Å². The van der Waals surface area contributed by atoms with Gasteiger partial charge in [-0.05, 0) is 25.6 Å². The quantitative estimate of drug-likeness (QED) is 0.774. The minimum absolute atomic E-state index is 0.125. The molecule has 1 heterocycles. The molecule has 0 saturated heterocycles. The largest absolute Gasteiger partial charge is 0.480 e. The molecule has 1 rings (SSSR count). The molecule has 0 aliphatic carbocycles. The standard InChI is InChI=1S/C9H13NO4S/c1-5-6(2)14-9(10-5)15-7(4-13-3)8(11)12/h7H,4H2,1-3H3,(H,11,12). The van der Waals surface area contributed by atoms with E-state index in [0.29, 0.717) is 11.0 Å². The number of nitrogens with zero attached hydrogens (tertiary/aromatic N) is 1. The van der Waals surface area contributed by atoms with Crippen molar-refractivity contribution in [2.24, 2.45) is 0 Å². The Balaban J connectivity index is 2.69. The molecule has 1 atom stereocenters. The zero-order valence-electron chi connectivity index (χ0n) is 8.81. The number of hydrogen-bond donors (Lipinski definition) is 1. The third-order valence-corrected chi connectivity index (χ3v) is 2.84. The molecule has 0 fully saturated rings. The van der Waals surface area contributed by atoms with Crippen molar-refractivity contribution >= 4 is 17.7 Å². The molecule has 6 heteroatoms. The van der Waals surface area contributed by atoms with Crippen molar-refractivity contribution in [2.75, 3.05) is 13.7 Å². The summed E-state index contributed by atoms with van der Waals surface area (Å²) in [6.45, 7) is 3.73. The molecule has 0 saturated carbocycles. The van der Waals surface area contributed by atoms with Crippen LogP contribution in [0.3, 0.4) is 0 Å². The molecule has 15 heavy (non-hydrogen) atoms. The van der Waals surface area contributed by atoms with Crippen molar-refractivity contribution in [3.8, 4) is 0 Å². The second-order valence-corrected chi connectivity index (χ2v) is 4.18. The van der Waals surface area contributed by atoms with Crippen LogP contribution in [0.4, 0.5) is 0 Å². The first-order chi connectivity index (χ1) is 7.04. The first-order valence-corrected chi connectivity index (χ1v) is 5.25. The molecule has 0 aromatic carbocycles. The van der Waals surface area contributed by atoms with E-state index in [1.54, 1.807) is 6.92 Å². The fraction of sp³-hybridized carbons (Fsp3) is 0.556.